The summed E-state index contributed by atoms with van der Waals surface area (Å²) < 4.78 is 29.7. The number of nitrogens with one attached hydrogen (secondary N) is 2. The van der Waals surface area contributed by atoms with Gasteiger partial charge >= 0.3 is 0 Å². The Morgan fingerprint density at radius 3 is 2.32 bits per heavy atom. The van der Waals surface area contributed by atoms with Crippen molar-refractivity contribution in [3.05, 3.63) is 123 Å². The van der Waals surface area contributed by atoms with Gasteiger partial charge in [0.25, 0.3) is 5.91 Å². The predicted molar refractivity (Wildman–Crippen MR) is 229 cm³/mol. The molecule has 0 saturated heterocycles. The number of benzene rings is 3. The third-order valence-corrected chi connectivity index (χ3v) is 11.2. The number of aliphatic imine (C=N–C) groups is 1. The number of aromatic nitrogens is 3. The zero-order valence-electron chi connectivity index (χ0n) is 34.0. The molecule has 13 nitrogen and oxygen atoms in total. The van der Waals surface area contributed by atoms with Gasteiger partial charge in [-0.1, -0.05) is 41.9 Å². The number of thiophene rings is 1. The molecule has 1 atom stereocenters. The number of carbonyl (C=O) groups is 2. The molecule has 3 aromatic carbocycles. The Morgan fingerprint density at radius 2 is 1.59 bits per heavy atom. The number of carbonyl (C=O) groups excluding carboxylic acids is 2. The monoisotopic (exact) mass is 841 g/mol. The van der Waals surface area contributed by atoms with E-state index in [1.165, 1.54) is 4.88 Å². The Bertz CT molecular complexity index is 2240. The van der Waals surface area contributed by atoms with Crippen molar-refractivity contribution in [2.24, 2.45) is 4.99 Å². The summed E-state index contributed by atoms with van der Waals surface area (Å²) in [5.74, 6) is 2.98. The molecule has 1 aliphatic heterocycles. The van der Waals surface area contributed by atoms with E-state index in [0.29, 0.717) is 67.6 Å². The average Bonchev–Trinajstić information content (AvgIpc) is 3.72. The normalized spacial score (nSPS) is 13.2. The molecule has 5 aromatic rings. The number of ether oxygens (including phenoxy) is 5. The lowest BCUT2D eigenvalue weighted by atomic mass is 9.99. The van der Waals surface area contributed by atoms with Crippen molar-refractivity contribution in [2.45, 2.75) is 46.1 Å². The van der Waals surface area contributed by atoms with Gasteiger partial charge in [-0.3, -0.25) is 19.1 Å². The van der Waals surface area contributed by atoms with Crippen molar-refractivity contribution < 1.29 is 33.3 Å². The van der Waals surface area contributed by atoms with Gasteiger partial charge in [-0.25, -0.2) is 0 Å². The van der Waals surface area contributed by atoms with Crippen LogP contribution in [0.4, 0.5) is 0 Å². The molecule has 1 radical (unpaired) electrons. The minimum absolute atomic E-state index is 0.0930. The van der Waals surface area contributed by atoms with Gasteiger partial charge in [0.05, 0.1) is 52.8 Å². The molecule has 2 amide bonds. The number of methoxy groups -OCH3 is 2. The highest BCUT2D eigenvalue weighted by Gasteiger charge is 2.32. The van der Waals surface area contributed by atoms with Gasteiger partial charge in [-0.15, -0.1) is 21.5 Å². The molecule has 311 valence electrons. The Kier molecular flexibility index (Phi) is 15.5. The molecule has 2 N–H and O–H groups in total. The molecular weight excluding hydrogens is 792 g/mol. The minimum Gasteiger partial charge on any atom is -0.493 e. The van der Waals surface area contributed by atoms with E-state index in [1.807, 2.05) is 78.2 Å². The van der Waals surface area contributed by atoms with Gasteiger partial charge in [0.1, 0.15) is 22.6 Å². The molecule has 0 fully saturated rings. The molecule has 3 heterocycles. The van der Waals surface area contributed by atoms with Crippen LogP contribution >= 0.6 is 22.9 Å². The maximum Gasteiger partial charge on any atom is 0.258 e. The van der Waals surface area contributed by atoms with Crippen LogP contribution in [0.25, 0.3) is 5.00 Å². The zero-order valence-corrected chi connectivity index (χ0v) is 35.6. The number of fused-ring (bicyclic) bond motifs is 3. The van der Waals surface area contributed by atoms with E-state index >= 15 is 0 Å². The molecule has 0 spiro atoms. The van der Waals surface area contributed by atoms with Crippen molar-refractivity contribution in [1.82, 2.24) is 25.4 Å². The van der Waals surface area contributed by atoms with Crippen LogP contribution in [0.2, 0.25) is 5.02 Å². The number of halogens is 1. The second kappa shape index (κ2) is 21.1. The first kappa shape index (κ1) is 43.3. The first-order chi connectivity index (χ1) is 28.6. The van der Waals surface area contributed by atoms with E-state index in [9.17, 15) is 9.59 Å². The topological polar surface area (TPSA) is 147 Å². The van der Waals surface area contributed by atoms with E-state index < -0.39 is 6.04 Å². The fraction of sp³-hybridized carbons (Fsp3) is 0.364. The number of nitrogens with zero attached hydrogens (tertiary/aromatic N) is 4. The van der Waals surface area contributed by atoms with Crippen LogP contribution in [-0.4, -0.2) is 92.6 Å². The van der Waals surface area contributed by atoms with Gasteiger partial charge in [0, 0.05) is 34.1 Å². The fourth-order valence-corrected chi connectivity index (χ4v) is 7.94. The number of rotatable bonds is 21. The summed E-state index contributed by atoms with van der Waals surface area (Å²) >= 11 is 7.88. The van der Waals surface area contributed by atoms with Crippen molar-refractivity contribution in [3.8, 4) is 22.2 Å². The van der Waals surface area contributed by atoms with Crippen LogP contribution in [-0.2, 0) is 25.5 Å². The van der Waals surface area contributed by atoms with Gasteiger partial charge in [-0.05, 0) is 93.1 Å². The molecule has 15 heteroatoms. The maximum absolute atomic E-state index is 13.2. The van der Waals surface area contributed by atoms with E-state index in [2.05, 4.69) is 41.1 Å². The van der Waals surface area contributed by atoms with Crippen LogP contribution in [0.15, 0.2) is 71.7 Å². The second-order valence-corrected chi connectivity index (χ2v) is 15.5. The largest absolute Gasteiger partial charge is 0.493 e. The summed E-state index contributed by atoms with van der Waals surface area (Å²) in [6.45, 7) is 7.99. The van der Waals surface area contributed by atoms with Crippen molar-refractivity contribution >= 4 is 40.5 Å². The molecule has 0 saturated carbocycles. The highest BCUT2D eigenvalue weighted by molar-refractivity contribution is 7.15. The Balaban J connectivity index is 0.854. The molecule has 2 aromatic heterocycles. The summed E-state index contributed by atoms with van der Waals surface area (Å²) in [6, 6.07) is 20.6. The van der Waals surface area contributed by atoms with Crippen LogP contribution in [0, 0.1) is 27.2 Å². The predicted octanol–water partition coefficient (Wildman–Crippen LogP) is 6.74. The molecule has 0 aliphatic carbocycles. The molecule has 0 bridgehead atoms. The van der Waals surface area contributed by atoms with Crippen LogP contribution in [0.5, 0.6) is 17.2 Å². The lowest BCUT2D eigenvalue weighted by molar-refractivity contribution is -0.123. The molecular formula is C44H50ClN6O7S. The first-order valence-electron chi connectivity index (χ1n) is 19.5. The Labute approximate surface area is 354 Å². The average molecular weight is 842 g/mol. The smallest absolute Gasteiger partial charge is 0.258 e. The van der Waals surface area contributed by atoms with Crippen molar-refractivity contribution in [1.29, 1.82) is 0 Å². The SMILES string of the molecule is COc1ccc(CC[CH]c2cccc(OCC(=O)NCCOCCOCCNC(=O)C[C@@H]3N=C(c4ccc(Cl)cc4)c4c(sc(C)c4C)-n4c(C)nnc43)c2)cc1OC. The van der Waals surface area contributed by atoms with Crippen molar-refractivity contribution in [2.75, 3.05) is 60.3 Å². The first-order valence-corrected chi connectivity index (χ1v) is 20.7. The van der Waals surface area contributed by atoms with E-state index in [1.54, 1.807) is 25.6 Å². The number of amides is 2. The van der Waals surface area contributed by atoms with Gasteiger partial charge in [0.15, 0.2) is 23.9 Å². The number of hydrogen-bond acceptors (Lipinski definition) is 11. The molecule has 6 rings (SSSR count). The highest BCUT2D eigenvalue weighted by atomic mass is 35.5. The second-order valence-electron chi connectivity index (χ2n) is 13.8. The van der Waals surface area contributed by atoms with Crippen molar-refractivity contribution in [3.63, 3.8) is 0 Å². The minimum atomic E-state index is -0.551. The van der Waals surface area contributed by atoms with E-state index in [0.717, 1.165) is 57.2 Å². The van der Waals surface area contributed by atoms with E-state index in [-0.39, 0.29) is 24.8 Å². The maximum atomic E-state index is 13.2. The number of aryl methyl sites for hydroxylation is 3. The fourth-order valence-electron chi connectivity index (χ4n) is 6.60. The van der Waals surface area contributed by atoms with Crippen LogP contribution < -0.4 is 24.8 Å². The quantitative estimate of drug-likeness (QED) is 0.0768. The van der Waals surface area contributed by atoms with Gasteiger partial charge in [-0.2, -0.15) is 0 Å². The van der Waals surface area contributed by atoms with Gasteiger partial charge in [0.2, 0.25) is 5.91 Å². The third kappa shape index (κ3) is 11.5. The van der Waals surface area contributed by atoms with Crippen LogP contribution in [0.1, 0.15) is 63.2 Å². The summed E-state index contributed by atoms with van der Waals surface area (Å²) in [5, 5.41) is 16.2. The zero-order chi connectivity index (χ0) is 41.7. The summed E-state index contributed by atoms with van der Waals surface area (Å²) in [6.07, 6.45) is 3.89. The number of hydrogen-bond donors (Lipinski definition) is 2. The summed E-state index contributed by atoms with van der Waals surface area (Å²) in [7, 11) is 3.25. The third-order valence-electron chi connectivity index (χ3n) is 9.73. The molecule has 0 unspecified atom stereocenters. The Morgan fingerprint density at radius 1 is 0.864 bits per heavy atom. The molecule has 59 heavy (non-hydrogen) atoms. The summed E-state index contributed by atoms with van der Waals surface area (Å²) in [4.78, 5) is 31.9. The van der Waals surface area contributed by atoms with E-state index in [4.69, 9.17) is 40.3 Å². The lowest BCUT2D eigenvalue weighted by Gasteiger charge is -2.13. The summed E-state index contributed by atoms with van der Waals surface area (Å²) in [5.41, 5.74) is 6.02. The Hall–Kier alpha value is -5.28. The molecule has 1 aliphatic rings. The highest BCUT2D eigenvalue weighted by Crippen LogP contribution is 2.39. The van der Waals surface area contributed by atoms with Crippen LogP contribution in [0.3, 0.4) is 0 Å². The standard InChI is InChI=1S/C44H50ClN6O7S/c1-28-29(2)59-44-41(28)42(33-13-15-34(45)16-14-33)48-36(43-50-49-30(3)51(43)44)26-39(52)46-18-20-56-22-23-57-21-19-47-40(53)27-58-35-11-7-10-31(24-35)8-6-9-32-12-17-37(54-4)38(25-32)55-5/h7-8,10-17,24-25,36H,6,9,18-23,26-27H2,1-5H3,(H,46,52)(H,47,53)/t36-/m0/s1. The van der Waals surface area contributed by atoms with Gasteiger partial charge < -0.3 is 34.3 Å². The lowest BCUT2D eigenvalue weighted by Crippen LogP contribution is -2.32.